The number of esters is 1. The Morgan fingerprint density at radius 2 is 1.74 bits per heavy atom. The smallest absolute Gasteiger partial charge is 0.311 e. The van der Waals surface area contributed by atoms with Crippen molar-refractivity contribution in [2.45, 2.75) is 52.6 Å². The van der Waals surface area contributed by atoms with E-state index < -0.39 is 20.3 Å². The van der Waals surface area contributed by atoms with Crippen LogP contribution in [0, 0.1) is 11.8 Å². The summed E-state index contributed by atoms with van der Waals surface area (Å²) in [5.74, 6) is -1.17. The number of carbonyl (C=O) groups is 1. The maximum atomic E-state index is 11.9. The maximum Gasteiger partial charge on any atom is 0.311 e. The molecule has 130 valence electrons. The minimum Gasteiger partial charge on any atom is -0.466 e. The molecule has 0 fully saturated rings. The highest BCUT2D eigenvalue weighted by Gasteiger charge is 2.35. The summed E-state index contributed by atoms with van der Waals surface area (Å²) in [5, 5.41) is 10.6. The summed E-state index contributed by atoms with van der Waals surface area (Å²) < 4.78 is 11.4. The van der Waals surface area contributed by atoms with E-state index in [-0.39, 0.29) is 18.0 Å². The van der Waals surface area contributed by atoms with Crippen molar-refractivity contribution in [2.75, 3.05) is 6.61 Å². The van der Waals surface area contributed by atoms with Crippen LogP contribution in [0.25, 0.3) is 0 Å². The predicted molar refractivity (Wildman–Crippen MR) is 94.6 cm³/mol. The van der Waals surface area contributed by atoms with E-state index in [0.29, 0.717) is 6.61 Å². The van der Waals surface area contributed by atoms with Crippen LogP contribution in [0.5, 0.6) is 0 Å². The maximum absolute atomic E-state index is 11.9. The number of carbonyl (C=O) groups excluding carboxylic acids is 1. The zero-order valence-corrected chi connectivity index (χ0v) is 16.1. The fraction of sp³-hybridized carbons (Fsp3) is 0.611. The van der Waals surface area contributed by atoms with Crippen LogP contribution in [0.3, 0.4) is 0 Å². The zero-order chi connectivity index (χ0) is 17.6. The Bertz CT molecular complexity index is 484. The third kappa shape index (κ3) is 6.09. The standard InChI is InChI=1S/C18H30O4Si/c1-7-21-18(20)14(3)16(19)13(2)17(22-23(4,5)6)15-11-9-8-10-12-15/h8-14,16-17,19H,7H2,1-6H3/t13-,14+,16+,17+/m1/s1. The molecule has 0 heterocycles. The van der Waals surface area contributed by atoms with E-state index in [4.69, 9.17) is 9.16 Å². The molecule has 1 rings (SSSR count). The molecule has 0 radical (unpaired) electrons. The second kappa shape index (κ2) is 8.62. The quantitative estimate of drug-likeness (QED) is 0.579. The number of hydrogen-bond acceptors (Lipinski definition) is 4. The molecule has 0 aromatic heterocycles. The first kappa shape index (κ1) is 19.9. The minimum atomic E-state index is -1.82. The normalized spacial score (nSPS) is 17.2. The van der Waals surface area contributed by atoms with Crippen LogP contribution in [0.2, 0.25) is 19.6 Å². The minimum absolute atomic E-state index is 0.219. The van der Waals surface area contributed by atoms with Crippen LogP contribution in [-0.4, -0.2) is 32.1 Å². The van der Waals surface area contributed by atoms with Gasteiger partial charge in [0, 0.05) is 5.92 Å². The predicted octanol–water partition coefficient (Wildman–Crippen LogP) is 3.78. The highest BCUT2D eigenvalue weighted by molar-refractivity contribution is 6.69. The van der Waals surface area contributed by atoms with E-state index in [9.17, 15) is 9.90 Å². The Balaban J connectivity index is 2.99. The number of hydrogen-bond donors (Lipinski definition) is 1. The van der Waals surface area contributed by atoms with E-state index in [1.54, 1.807) is 13.8 Å². The molecule has 0 aliphatic heterocycles. The summed E-state index contributed by atoms with van der Waals surface area (Å²) in [4.78, 5) is 11.9. The topological polar surface area (TPSA) is 55.8 Å². The molecule has 4 atom stereocenters. The van der Waals surface area contributed by atoms with Gasteiger partial charge >= 0.3 is 5.97 Å². The van der Waals surface area contributed by atoms with E-state index in [1.165, 1.54) is 0 Å². The van der Waals surface area contributed by atoms with Crippen molar-refractivity contribution in [3.05, 3.63) is 35.9 Å². The number of benzene rings is 1. The van der Waals surface area contributed by atoms with Crippen molar-refractivity contribution in [1.82, 2.24) is 0 Å². The van der Waals surface area contributed by atoms with Gasteiger partial charge in [0.1, 0.15) is 0 Å². The fourth-order valence-electron chi connectivity index (χ4n) is 2.55. The molecule has 0 saturated carbocycles. The highest BCUT2D eigenvalue weighted by atomic mass is 28.4. The van der Waals surface area contributed by atoms with Crippen molar-refractivity contribution in [1.29, 1.82) is 0 Å². The number of aliphatic hydroxyl groups is 1. The lowest BCUT2D eigenvalue weighted by Crippen LogP contribution is -2.39. The molecular formula is C18H30O4Si. The first-order chi connectivity index (χ1) is 10.7. The molecule has 0 bridgehead atoms. The number of aliphatic hydroxyl groups excluding tert-OH is 1. The molecule has 1 aromatic carbocycles. The van der Waals surface area contributed by atoms with Crippen LogP contribution < -0.4 is 0 Å². The average Bonchev–Trinajstić information content (AvgIpc) is 2.50. The van der Waals surface area contributed by atoms with Gasteiger partial charge in [-0.3, -0.25) is 4.79 Å². The average molecular weight is 339 g/mol. The van der Waals surface area contributed by atoms with Crippen molar-refractivity contribution < 1.29 is 19.1 Å². The van der Waals surface area contributed by atoms with Crippen molar-refractivity contribution in [3.63, 3.8) is 0 Å². The van der Waals surface area contributed by atoms with E-state index in [2.05, 4.69) is 19.6 Å². The van der Waals surface area contributed by atoms with Crippen LogP contribution in [-0.2, 0) is 14.0 Å². The second-order valence-corrected chi connectivity index (χ2v) is 11.4. The Kier molecular flexibility index (Phi) is 7.44. The summed E-state index contributed by atoms with van der Waals surface area (Å²) in [6.07, 6.45) is -1.06. The number of ether oxygens (including phenoxy) is 1. The van der Waals surface area contributed by atoms with E-state index >= 15 is 0 Å². The van der Waals surface area contributed by atoms with E-state index in [1.807, 2.05) is 37.3 Å². The Morgan fingerprint density at radius 3 is 2.22 bits per heavy atom. The van der Waals surface area contributed by atoms with Gasteiger partial charge in [-0.15, -0.1) is 0 Å². The van der Waals surface area contributed by atoms with Crippen LogP contribution in [0.1, 0.15) is 32.4 Å². The second-order valence-electron chi connectivity index (χ2n) is 6.95. The molecule has 0 amide bonds. The van der Waals surface area contributed by atoms with E-state index in [0.717, 1.165) is 5.56 Å². The van der Waals surface area contributed by atoms with Crippen LogP contribution in [0.15, 0.2) is 30.3 Å². The Hall–Kier alpha value is -1.17. The third-order valence-corrected chi connectivity index (χ3v) is 4.76. The van der Waals surface area contributed by atoms with Crippen LogP contribution >= 0.6 is 0 Å². The molecule has 0 spiro atoms. The first-order valence-electron chi connectivity index (χ1n) is 8.24. The van der Waals surface area contributed by atoms with Gasteiger partial charge in [0.25, 0.3) is 0 Å². The molecular weight excluding hydrogens is 308 g/mol. The monoisotopic (exact) mass is 338 g/mol. The molecule has 4 nitrogen and oxygen atoms in total. The molecule has 1 aromatic rings. The highest BCUT2D eigenvalue weighted by Crippen LogP contribution is 2.33. The summed E-state index contributed by atoms with van der Waals surface area (Å²) in [5.41, 5.74) is 1.03. The van der Waals surface area contributed by atoms with Gasteiger partial charge in [-0.05, 0) is 39.1 Å². The molecule has 5 heteroatoms. The Morgan fingerprint density at radius 1 is 1.17 bits per heavy atom. The lowest BCUT2D eigenvalue weighted by atomic mass is 9.86. The lowest BCUT2D eigenvalue weighted by molar-refractivity contribution is -0.153. The largest absolute Gasteiger partial charge is 0.466 e. The van der Waals surface area contributed by atoms with Crippen LogP contribution in [0.4, 0.5) is 0 Å². The van der Waals surface area contributed by atoms with Gasteiger partial charge in [0.05, 0.1) is 24.7 Å². The van der Waals surface area contributed by atoms with Gasteiger partial charge in [0.2, 0.25) is 0 Å². The summed E-state index contributed by atoms with van der Waals surface area (Å²) >= 11 is 0. The van der Waals surface area contributed by atoms with Crippen molar-refractivity contribution >= 4 is 14.3 Å². The SMILES string of the molecule is CCOC(=O)[C@@H](C)[C@@H](O)[C@@H](C)[C@H](O[Si](C)(C)C)c1ccccc1. The molecule has 0 unspecified atom stereocenters. The van der Waals surface area contributed by atoms with Gasteiger partial charge < -0.3 is 14.3 Å². The molecule has 0 saturated heterocycles. The molecule has 1 N–H and O–H groups in total. The van der Waals surface area contributed by atoms with Crippen molar-refractivity contribution in [2.24, 2.45) is 11.8 Å². The summed E-state index contributed by atoms with van der Waals surface area (Å²) in [6, 6.07) is 9.89. The molecule has 23 heavy (non-hydrogen) atoms. The van der Waals surface area contributed by atoms with Crippen molar-refractivity contribution in [3.8, 4) is 0 Å². The summed E-state index contributed by atoms with van der Waals surface area (Å²) in [7, 11) is -1.82. The summed E-state index contributed by atoms with van der Waals surface area (Å²) in [6.45, 7) is 12.1. The Labute approximate surface area is 140 Å². The lowest BCUT2D eigenvalue weighted by Gasteiger charge is -2.35. The zero-order valence-electron chi connectivity index (χ0n) is 15.1. The van der Waals surface area contributed by atoms with Gasteiger partial charge in [-0.1, -0.05) is 37.3 Å². The number of rotatable bonds is 8. The third-order valence-electron chi connectivity index (χ3n) is 3.80. The first-order valence-corrected chi connectivity index (χ1v) is 11.7. The van der Waals surface area contributed by atoms with Gasteiger partial charge in [0.15, 0.2) is 8.32 Å². The fourth-order valence-corrected chi connectivity index (χ4v) is 3.66. The van der Waals surface area contributed by atoms with Gasteiger partial charge in [-0.25, -0.2) is 0 Å². The van der Waals surface area contributed by atoms with Gasteiger partial charge in [-0.2, -0.15) is 0 Å². The molecule has 0 aliphatic rings. The molecule has 0 aliphatic carbocycles.